The Hall–Kier alpha value is -3.01. The lowest BCUT2D eigenvalue weighted by atomic mass is 10.1. The van der Waals surface area contributed by atoms with Crippen LogP contribution in [0.15, 0.2) is 60.9 Å². The molecule has 0 amide bonds. The molecule has 0 fully saturated rings. The zero-order valence-corrected chi connectivity index (χ0v) is 13.7. The Bertz CT molecular complexity index is 823. The van der Waals surface area contributed by atoms with Gasteiger partial charge in [-0.1, -0.05) is 25.1 Å². The molecule has 0 saturated carbocycles. The first kappa shape index (κ1) is 15.9. The molecule has 3 rings (SSSR count). The van der Waals surface area contributed by atoms with Crippen LogP contribution in [0.1, 0.15) is 28.5 Å². The number of ether oxygens (including phenoxy) is 1. The van der Waals surface area contributed by atoms with Crippen LogP contribution >= 0.6 is 0 Å². The highest BCUT2D eigenvalue weighted by molar-refractivity contribution is 5.91. The second-order valence-corrected chi connectivity index (χ2v) is 5.51. The third-order valence-corrected chi connectivity index (χ3v) is 3.74. The summed E-state index contributed by atoms with van der Waals surface area (Å²) in [5, 5.41) is 0. The summed E-state index contributed by atoms with van der Waals surface area (Å²) in [6, 6.07) is 14.8. The molecule has 2 aromatic heterocycles. The van der Waals surface area contributed by atoms with Crippen molar-refractivity contribution < 1.29 is 9.53 Å². The van der Waals surface area contributed by atoms with Gasteiger partial charge in [0.2, 0.25) is 0 Å². The molecule has 0 N–H and O–H groups in total. The average Bonchev–Trinajstić information content (AvgIpc) is 2.64. The summed E-state index contributed by atoms with van der Waals surface area (Å²) in [5.41, 5.74) is 4.41. The zero-order chi connectivity index (χ0) is 16.9. The monoisotopic (exact) mass is 318 g/mol. The van der Waals surface area contributed by atoms with Crippen LogP contribution in [0.4, 0.5) is 0 Å². The van der Waals surface area contributed by atoms with Crippen molar-refractivity contribution in [3.05, 3.63) is 77.7 Å². The molecule has 120 valence electrons. The minimum absolute atomic E-state index is 0.401. The fraction of sp³-hybridized carbons (Fsp3) is 0.150. The van der Waals surface area contributed by atoms with Gasteiger partial charge in [-0.2, -0.15) is 0 Å². The van der Waals surface area contributed by atoms with Gasteiger partial charge in [-0.25, -0.2) is 4.79 Å². The Labute approximate surface area is 141 Å². The van der Waals surface area contributed by atoms with E-state index in [0.717, 1.165) is 23.4 Å². The first-order valence-electron chi connectivity index (χ1n) is 7.86. The molecular formula is C20H18N2O2. The molecule has 0 unspecified atom stereocenters. The van der Waals surface area contributed by atoms with Crippen LogP contribution in [0.5, 0.6) is 5.75 Å². The van der Waals surface area contributed by atoms with Crippen LogP contribution < -0.4 is 4.74 Å². The number of carbonyl (C=O) groups excluding carboxylic acids is 1. The Kier molecular flexibility index (Phi) is 4.66. The molecule has 2 heterocycles. The number of benzene rings is 1. The highest BCUT2D eigenvalue weighted by Crippen LogP contribution is 2.19. The van der Waals surface area contributed by atoms with E-state index in [-0.39, 0.29) is 0 Å². The number of hydrogen-bond donors (Lipinski definition) is 0. The topological polar surface area (TPSA) is 52.1 Å². The maximum absolute atomic E-state index is 12.2. The summed E-state index contributed by atoms with van der Waals surface area (Å²) in [5.74, 6) is 0.0352. The average molecular weight is 318 g/mol. The van der Waals surface area contributed by atoms with Crippen LogP contribution in [0.25, 0.3) is 11.3 Å². The predicted octanol–water partition coefficient (Wildman–Crippen LogP) is 4.23. The van der Waals surface area contributed by atoms with E-state index in [1.165, 1.54) is 5.56 Å². The minimum atomic E-state index is -0.401. The number of aryl methyl sites for hydroxylation is 2. The first-order valence-corrected chi connectivity index (χ1v) is 7.86. The van der Waals surface area contributed by atoms with Gasteiger partial charge in [-0.15, -0.1) is 0 Å². The van der Waals surface area contributed by atoms with Gasteiger partial charge in [0, 0.05) is 17.5 Å². The van der Waals surface area contributed by atoms with Crippen molar-refractivity contribution in [2.45, 2.75) is 20.3 Å². The van der Waals surface area contributed by atoms with Gasteiger partial charge in [0.25, 0.3) is 0 Å². The van der Waals surface area contributed by atoms with E-state index in [4.69, 9.17) is 4.74 Å². The van der Waals surface area contributed by atoms with Crippen LogP contribution in [-0.2, 0) is 6.42 Å². The number of esters is 1. The Morgan fingerprint density at radius 2 is 1.75 bits per heavy atom. The van der Waals surface area contributed by atoms with Gasteiger partial charge in [-0.05, 0) is 49.2 Å². The van der Waals surface area contributed by atoms with Gasteiger partial charge in [0.15, 0.2) is 0 Å². The van der Waals surface area contributed by atoms with E-state index < -0.39 is 5.97 Å². The van der Waals surface area contributed by atoms with E-state index in [1.54, 1.807) is 30.5 Å². The van der Waals surface area contributed by atoms with Crippen LogP contribution in [0, 0.1) is 6.92 Å². The molecule has 0 aliphatic rings. The van der Waals surface area contributed by atoms with E-state index in [1.807, 2.05) is 31.3 Å². The zero-order valence-electron chi connectivity index (χ0n) is 13.7. The third kappa shape index (κ3) is 3.66. The van der Waals surface area contributed by atoms with Crippen molar-refractivity contribution in [3.63, 3.8) is 0 Å². The quantitative estimate of drug-likeness (QED) is 0.675. The summed E-state index contributed by atoms with van der Waals surface area (Å²) < 4.78 is 5.31. The van der Waals surface area contributed by atoms with E-state index in [2.05, 4.69) is 23.0 Å². The van der Waals surface area contributed by atoms with E-state index >= 15 is 0 Å². The molecule has 4 heteroatoms. The minimum Gasteiger partial charge on any atom is -0.421 e. The maximum Gasteiger partial charge on any atom is 0.343 e. The molecule has 4 nitrogen and oxygen atoms in total. The van der Waals surface area contributed by atoms with E-state index in [0.29, 0.717) is 11.3 Å². The van der Waals surface area contributed by atoms with Crippen molar-refractivity contribution in [3.8, 4) is 17.0 Å². The number of pyridine rings is 2. The standard InChI is InChI=1S/C20H18N2O2/c1-3-15-5-11-19(22-12-15)16-6-8-17(9-7-16)20(23)24-18-10-4-14(2)21-13-18/h4-13H,3H2,1-2H3. The summed E-state index contributed by atoms with van der Waals surface area (Å²) in [6.07, 6.45) is 4.38. The lowest BCUT2D eigenvalue weighted by molar-refractivity contribution is 0.0734. The fourth-order valence-corrected chi connectivity index (χ4v) is 2.26. The molecule has 24 heavy (non-hydrogen) atoms. The predicted molar refractivity (Wildman–Crippen MR) is 93.0 cm³/mol. The maximum atomic E-state index is 12.2. The molecule has 0 radical (unpaired) electrons. The molecule has 0 aliphatic carbocycles. The number of carbonyl (C=O) groups is 1. The lowest BCUT2D eigenvalue weighted by Crippen LogP contribution is -2.08. The molecule has 1 aromatic carbocycles. The highest BCUT2D eigenvalue weighted by atomic mass is 16.5. The Morgan fingerprint density at radius 1 is 0.958 bits per heavy atom. The number of hydrogen-bond acceptors (Lipinski definition) is 4. The first-order chi connectivity index (χ1) is 11.7. The van der Waals surface area contributed by atoms with Gasteiger partial charge in [-0.3, -0.25) is 9.97 Å². The summed E-state index contributed by atoms with van der Waals surface area (Å²) >= 11 is 0. The molecule has 0 spiro atoms. The molecule has 0 atom stereocenters. The largest absolute Gasteiger partial charge is 0.421 e. The van der Waals surface area contributed by atoms with Gasteiger partial charge in [0.05, 0.1) is 17.5 Å². The fourth-order valence-electron chi connectivity index (χ4n) is 2.26. The molecular weight excluding hydrogens is 300 g/mol. The molecule has 0 bridgehead atoms. The van der Waals surface area contributed by atoms with Crippen molar-refractivity contribution in [1.29, 1.82) is 0 Å². The van der Waals surface area contributed by atoms with E-state index in [9.17, 15) is 4.79 Å². The second-order valence-electron chi connectivity index (χ2n) is 5.51. The third-order valence-electron chi connectivity index (χ3n) is 3.74. The van der Waals surface area contributed by atoms with Crippen LogP contribution in [0.2, 0.25) is 0 Å². The SMILES string of the molecule is CCc1ccc(-c2ccc(C(=O)Oc3ccc(C)nc3)cc2)nc1. The number of aromatic nitrogens is 2. The van der Waals surface area contributed by atoms with Crippen molar-refractivity contribution >= 4 is 5.97 Å². The van der Waals surface area contributed by atoms with Gasteiger partial charge >= 0.3 is 5.97 Å². The highest BCUT2D eigenvalue weighted by Gasteiger charge is 2.09. The van der Waals surface area contributed by atoms with Crippen molar-refractivity contribution in [2.24, 2.45) is 0 Å². The number of nitrogens with zero attached hydrogens (tertiary/aromatic N) is 2. The van der Waals surface area contributed by atoms with Crippen LogP contribution in [-0.4, -0.2) is 15.9 Å². The molecule has 0 saturated heterocycles. The molecule has 0 aliphatic heterocycles. The number of rotatable bonds is 4. The summed E-state index contributed by atoms with van der Waals surface area (Å²) in [4.78, 5) is 20.7. The van der Waals surface area contributed by atoms with Gasteiger partial charge < -0.3 is 4.74 Å². The van der Waals surface area contributed by atoms with Crippen molar-refractivity contribution in [2.75, 3.05) is 0 Å². The smallest absolute Gasteiger partial charge is 0.343 e. The van der Waals surface area contributed by atoms with Gasteiger partial charge in [0.1, 0.15) is 5.75 Å². The summed E-state index contributed by atoms with van der Waals surface area (Å²) in [7, 11) is 0. The summed E-state index contributed by atoms with van der Waals surface area (Å²) in [6.45, 7) is 3.98. The van der Waals surface area contributed by atoms with Crippen molar-refractivity contribution in [1.82, 2.24) is 9.97 Å². The van der Waals surface area contributed by atoms with Crippen LogP contribution in [0.3, 0.4) is 0 Å². The molecule has 3 aromatic rings. The second kappa shape index (κ2) is 7.04. The lowest BCUT2D eigenvalue weighted by Gasteiger charge is -2.06. The Morgan fingerprint density at radius 3 is 2.33 bits per heavy atom. The Balaban J connectivity index is 1.73. The normalized spacial score (nSPS) is 10.4.